The van der Waals surface area contributed by atoms with E-state index in [9.17, 15) is 9.59 Å². The predicted octanol–water partition coefficient (Wildman–Crippen LogP) is 2.18. The second-order valence-corrected chi connectivity index (χ2v) is 8.62. The molecule has 0 bridgehead atoms. The molecule has 1 aromatic heterocycles. The van der Waals surface area contributed by atoms with E-state index in [2.05, 4.69) is 43.4 Å². The lowest BCUT2D eigenvalue weighted by atomic mass is 10.1. The monoisotopic (exact) mass is 447 g/mol. The highest BCUT2D eigenvalue weighted by Gasteiger charge is 2.24. The van der Waals surface area contributed by atoms with Crippen LogP contribution in [0.3, 0.4) is 0 Å². The zero-order valence-electron chi connectivity index (χ0n) is 15.9. The quantitative estimate of drug-likeness (QED) is 0.761. The number of aromatic nitrogens is 3. The van der Waals surface area contributed by atoms with Crippen LogP contribution in [0.15, 0.2) is 33.5 Å². The van der Waals surface area contributed by atoms with Gasteiger partial charge in [-0.25, -0.2) is 9.48 Å². The van der Waals surface area contributed by atoms with Crippen LogP contribution in [-0.4, -0.2) is 39.9 Å². The van der Waals surface area contributed by atoms with Gasteiger partial charge < -0.3 is 10.2 Å². The third kappa shape index (κ3) is 4.32. The summed E-state index contributed by atoms with van der Waals surface area (Å²) in [5.74, 6) is 1.09. The Kier molecular flexibility index (Phi) is 5.85. The van der Waals surface area contributed by atoms with Crippen LogP contribution >= 0.6 is 15.9 Å². The van der Waals surface area contributed by atoms with Crippen molar-refractivity contribution in [1.29, 1.82) is 0 Å². The molecular weight excluding hydrogens is 422 g/mol. The van der Waals surface area contributed by atoms with E-state index in [-0.39, 0.29) is 18.1 Å². The molecule has 4 rings (SSSR count). The van der Waals surface area contributed by atoms with Gasteiger partial charge in [-0.1, -0.05) is 28.4 Å². The van der Waals surface area contributed by atoms with Crippen LogP contribution < -0.4 is 15.9 Å². The van der Waals surface area contributed by atoms with Gasteiger partial charge in [-0.15, -0.1) is 0 Å². The first-order chi connectivity index (χ1) is 13.6. The maximum Gasteiger partial charge on any atom is 0.346 e. The SMILES string of the molecule is O=C(Cn1nc2n(c1=O)CCCCC2)NCC1CCN(c2cccc(Br)c2)C1. The zero-order valence-corrected chi connectivity index (χ0v) is 17.5. The minimum Gasteiger partial charge on any atom is -0.371 e. The topological polar surface area (TPSA) is 72.2 Å². The van der Waals surface area contributed by atoms with Crippen molar-refractivity contribution in [3.05, 3.63) is 45.0 Å². The molecule has 1 N–H and O–H groups in total. The van der Waals surface area contributed by atoms with E-state index in [0.717, 1.165) is 55.5 Å². The van der Waals surface area contributed by atoms with Gasteiger partial charge >= 0.3 is 5.69 Å². The zero-order chi connectivity index (χ0) is 19.5. The number of aryl methyl sites for hydroxylation is 1. The molecule has 1 aromatic carbocycles. The summed E-state index contributed by atoms with van der Waals surface area (Å²) < 4.78 is 4.12. The first-order valence-electron chi connectivity index (χ1n) is 10.0. The second-order valence-electron chi connectivity index (χ2n) is 7.70. The molecular formula is C20H26BrN5O2. The van der Waals surface area contributed by atoms with E-state index in [1.54, 1.807) is 4.57 Å². The lowest BCUT2D eigenvalue weighted by Gasteiger charge is -2.19. The van der Waals surface area contributed by atoms with Crippen LogP contribution in [0, 0.1) is 5.92 Å². The van der Waals surface area contributed by atoms with Gasteiger partial charge in [0.2, 0.25) is 5.91 Å². The molecule has 1 saturated heterocycles. The number of carbonyl (C=O) groups excluding carboxylic acids is 1. The van der Waals surface area contributed by atoms with Crippen molar-refractivity contribution in [2.75, 3.05) is 24.5 Å². The van der Waals surface area contributed by atoms with E-state index in [1.165, 1.54) is 10.4 Å². The molecule has 2 aliphatic heterocycles. The van der Waals surface area contributed by atoms with Crippen molar-refractivity contribution in [2.24, 2.45) is 5.92 Å². The molecule has 1 amide bonds. The third-order valence-corrected chi connectivity index (χ3v) is 6.12. The number of benzene rings is 1. The van der Waals surface area contributed by atoms with Crippen LogP contribution in [0.5, 0.6) is 0 Å². The Hall–Kier alpha value is -2.09. The van der Waals surface area contributed by atoms with Crippen LogP contribution in [0.4, 0.5) is 5.69 Å². The minimum absolute atomic E-state index is 0.000893. The fraction of sp³-hybridized carbons (Fsp3) is 0.550. The number of hydrogen-bond acceptors (Lipinski definition) is 4. The van der Waals surface area contributed by atoms with Crippen molar-refractivity contribution in [2.45, 2.75) is 45.2 Å². The Morgan fingerprint density at radius 3 is 3.00 bits per heavy atom. The Balaban J connectivity index is 1.29. The molecule has 0 radical (unpaired) electrons. The molecule has 1 fully saturated rings. The number of rotatable bonds is 5. The first-order valence-corrected chi connectivity index (χ1v) is 10.8. The molecule has 150 valence electrons. The first kappa shape index (κ1) is 19.2. The number of anilines is 1. The number of fused-ring (bicyclic) bond motifs is 1. The molecule has 0 saturated carbocycles. The van der Waals surface area contributed by atoms with Gasteiger partial charge in [-0.05, 0) is 43.4 Å². The molecule has 8 heteroatoms. The Labute approximate surface area is 172 Å². The van der Waals surface area contributed by atoms with Crippen molar-refractivity contribution >= 4 is 27.5 Å². The Bertz CT molecular complexity index is 906. The summed E-state index contributed by atoms with van der Waals surface area (Å²) in [5, 5.41) is 7.38. The van der Waals surface area contributed by atoms with E-state index in [1.807, 2.05) is 12.1 Å². The summed E-state index contributed by atoms with van der Waals surface area (Å²) in [4.78, 5) is 27.2. The van der Waals surface area contributed by atoms with Gasteiger partial charge in [0, 0.05) is 42.8 Å². The lowest BCUT2D eigenvalue weighted by Crippen LogP contribution is -2.36. The summed E-state index contributed by atoms with van der Waals surface area (Å²) in [7, 11) is 0. The largest absolute Gasteiger partial charge is 0.371 e. The van der Waals surface area contributed by atoms with Crippen LogP contribution in [0.2, 0.25) is 0 Å². The van der Waals surface area contributed by atoms with Crippen molar-refractivity contribution in [3.63, 3.8) is 0 Å². The number of hydrogen-bond donors (Lipinski definition) is 1. The number of halogens is 1. The molecule has 7 nitrogen and oxygen atoms in total. The summed E-state index contributed by atoms with van der Waals surface area (Å²) >= 11 is 3.52. The maximum atomic E-state index is 12.5. The Morgan fingerprint density at radius 1 is 1.25 bits per heavy atom. The summed E-state index contributed by atoms with van der Waals surface area (Å²) in [6.45, 7) is 3.26. The van der Waals surface area contributed by atoms with Gasteiger partial charge in [0.1, 0.15) is 12.4 Å². The van der Waals surface area contributed by atoms with Gasteiger partial charge in [0.05, 0.1) is 0 Å². The number of nitrogens with one attached hydrogen (secondary N) is 1. The van der Waals surface area contributed by atoms with E-state index in [0.29, 0.717) is 19.0 Å². The third-order valence-electron chi connectivity index (χ3n) is 5.62. The van der Waals surface area contributed by atoms with E-state index in [4.69, 9.17) is 0 Å². The predicted molar refractivity (Wildman–Crippen MR) is 112 cm³/mol. The molecule has 1 atom stereocenters. The minimum atomic E-state index is -0.159. The smallest absolute Gasteiger partial charge is 0.346 e. The second kappa shape index (κ2) is 8.51. The number of amides is 1. The Morgan fingerprint density at radius 2 is 2.14 bits per heavy atom. The fourth-order valence-corrected chi connectivity index (χ4v) is 4.47. The highest BCUT2D eigenvalue weighted by Crippen LogP contribution is 2.25. The average molecular weight is 448 g/mol. The number of carbonyl (C=O) groups is 1. The van der Waals surface area contributed by atoms with Gasteiger partial charge in [0.25, 0.3) is 0 Å². The lowest BCUT2D eigenvalue weighted by molar-refractivity contribution is -0.122. The van der Waals surface area contributed by atoms with Crippen LogP contribution in [0.1, 0.15) is 31.5 Å². The normalized spacial score (nSPS) is 19.3. The number of nitrogens with zero attached hydrogens (tertiary/aromatic N) is 4. The van der Waals surface area contributed by atoms with E-state index >= 15 is 0 Å². The van der Waals surface area contributed by atoms with Crippen LogP contribution in [0.25, 0.3) is 0 Å². The van der Waals surface area contributed by atoms with Crippen LogP contribution in [-0.2, 0) is 24.3 Å². The highest BCUT2D eigenvalue weighted by molar-refractivity contribution is 9.10. The standard InChI is InChI=1S/C20H26BrN5O2/c21-16-5-4-6-17(11-16)24-10-8-15(13-24)12-22-19(27)14-26-20(28)25-9-3-1-2-7-18(25)23-26/h4-6,11,15H,1-3,7-10,12-14H2,(H,22,27). The fourth-order valence-electron chi connectivity index (χ4n) is 4.08. The van der Waals surface area contributed by atoms with Gasteiger partial charge in [-0.2, -0.15) is 5.10 Å². The summed E-state index contributed by atoms with van der Waals surface area (Å²) in [5.41, 5.74) is 1.04. The van der Waals surface area contributed by atoms with Crippen molar-refractivity contribution < 1.29 is 4.79 Å². The molecule has 0 aliphatic carbocycles. The van der Waals surface area contributed by atoms with Crippen molar-refractivity contribution in [1.82, 2.24) is 19.7 Å². The molecule has 3 heterocycles. The average Bonchev–Trinajstić information content (AvgIpc) is 3.18. The van der Waals surface area contributed by atoms with Crippen molar-refractivity contribution in [3.8, 4) is 0 Å². The molecule has 1 unspecified atom stereocenters. The maximum absolute atomic E-state index is 12.5. The van der Waals surface area contributed by atoms with Gasteiger partial charge in [0.15, 0.2) is 0 Å². The molecule has 28 heavy (non-hydrogen) atoms. The molecule has 0 spiro atoms. The summed E-state index contributed by atoms with van der Waals surface area (Å²) in [6.07, 6.45) is 5.05. The van der Waals surface area contributed by atoms with E-state index < -0.39 is 0 Å². The molecule has 2 aliphatic rings. The highest BCUT2D eigenvalue weighted by atomic mass is 79.9. The van der Waals surface area contributed by atoms with Gasteiger partial charge in [-0.3, -0.25) is 9.36 Å². The molecule has 2 aromatic rings. The summed E-state index contributed by atoms with van der Waals surface area (Å²) in [6, 6.07) is 8.30.